The molecule has 1 aliphatic heterocycles. The number of benzene rings is 1. The van der Waals surface area contributed by atoms with Gasteiger partial charge in [0.2, 0.25) is 0 Å². The Kier molecular flexibility index (Phi) is 4.18. The van der Waals surface area contributed by atoms with Crippen molar-refractivity contribution in [2.75, 3.05) is 13.7 Å². The van der Waals surface area contributed by atoms with Crippen molar-refractivity contribution < 1.29 is 19.4 Å². The monoisotopic (exact) mass is 297 g/mol. The van der Waals surface area contributed by atoms with E-state index in [2.05, 4.69) is 0 Å². The summed E-state index contributed by atoms with van der Waals surface area (Å²) in [4.78, 5) is 25.2. The summed E-state index contributed by atoms with van der Waals surface area (Å²) in [5.74, 6) is -1.21. The van der Waals surface area contributed by atoms with Crippen LogP contribution in [0.15, 0.2) is 18.2 Å². The second kappa shape index (κ2) is 5.71. The molecule has 108 valence electrons. The average Bonchev–Trinajstić information content (AvgIpc) is 2.79. The highest BCUT2D eigenvalue weighted by Gasteiger charge is 2.39. The second-order valence-corrected chi connectivity index (χ2v) is 5.25. The zero-order valence-electron chi connectivity index (χ0n) is 11.3. The number of hydrogen-bond donors (Lipinski definition) is 1. The van der Waals surface area contributed by atoms with Gasteiger partial charge in [0.25, 0.3) is 5.91 Å². The van der Waals surface area contributed by atoms with Crippen LogP contribution in [0.25, 0.3) is 0 Å². The number of carboxylic acid groups (broad SMARTS) is 1. The maximum atomic E-state index is 12.6. The molecule has 2 unspecified atom stereocenters. The molecule has 1 N–H and O–H groups in total. The van der Waals surface area contributed by atoms with Crippen molar-refractivity contribution in [2.45, 2.75) is 19.4 Å². The Bertz CT molecular complexity index is 546. The van der Waals surface area contributed by atoms with Crippen LogP contribution in [0.2, 0.25) is 5.02 Å². The van der Waals surface area contributed by atoms with Crippen molar-refractivity contribution in [3.63, 3.8) is 0 Å². The number of amides is 1. The number of carbonyl (C=O) groups excluding carboxylic acids is 1. The van der Waals surface area contributed by atoms with E-state index in [9.17, 15) is 9.59 Å². The van der Waals surface area contributed by atoms with Gasteiger partial charge in [0.1, 0.15) is 5.75 Å². The summed E-state index contributed by atoms with van der Waals surface area (Å²) in [6, 6.07) is 4.47. The molecule has 1 aliphatic rings. The lowest BCUT2D eigenvalue weighted by Gasteiger charge is -2.24. The van der Waals surface area contributed by atoms with E-state index in [1.807, 2.05) is 0 Å². The van der Waals surface area contributed by atoms with Gasteiger partial charge in [-0.1, -0.05) is 11.6 Å². The van der Waals surface area contributed by atoms with Crippen LogP contribution < -0.4 is 4.74 Å². The smallest absolute Gasteiger partial charge is 0.308 e. The Morgan fingerprint density at radius 1 is 1.45 bits per heavy atom. The van der Waals surface area contributed by atoms with Crippen LogP contribution >= 0.6 is 11.6 Å². The number of carboxylic acids is 1. The number of carbonyl (C=O) groups is 2. The fourth-order valence-electron chi connectivity index (χ4n) is 2.56. The van der Waals surface area contributed by atoms with Crippen LogP contribution in [-0.4, -0.2) is 41.6 Å². The first-order valence-corrected chi connectivity index (χ1v) is 6.70. The van der Waals surface area contributed by atoms with Gasteiger partial charge in [0, 0.05) is 17.6 Å². The fourth-order valence-corrected chi connectivity index (χ4v) is 2.73. The van der Waals surface area contributed by atoms with Crippen LogP contribution in [0.5, 0.6) is 5.75 Å². The van der Waals surface area contributed by atoms with Crippen LogP contribution in [0.1, 0.15) is 23.7 Å². The molecule has 1 aromatic rings. The normalized spacial score (nSPS) is 21.9. The lowest BCUT2D eigenvalue weighted by molar-refractivity contribution is -0.142. The maximum absolute atomic E-state index is 12.6. The zero-order chi connectivity index (χ0) is 14.9. The lowest BCUT2D eigenvalue weighted by atomic mass is 10.0. The largest absolute Gasteiger partial charge is 0.496 e. The molecule has 1 fully saturated rings. The molecule has 1 heterocycles. The molecule has 5 nitrogen and oxygen atoms in total. The van der Waals surface area contributed by atoms with Crippen molar-refractivity contribution in [2.24, 2.45) is 5.92 Å². The van der Waals surface area contributed by atoms with Gasteiger partial charge in [0.05, 0.1) is 18.6 Å². The van der Waals surface area contributed by atoms with E-state index < -0.39 is 11.9 Å². The first-order valence-electron chi connectivity index (χ1n) is 6.33. The minimum absolute atomic E-state index is 0.249. The van der Waals surface area contributed by atoms with Crippen molar-refractivity contribution in [3.05, 3.63) is 28.8 Å². The molecule has 0 aromatic heterocycles. The van der Waals surface area contributed by atoms with Crippen LogP contribution in [0.3, 0.4) is 0 Å². The first kappa shape index (κ1) is 14.7. The molecular weight excluding hydrogens is 282 g/mol. The highest BCUT2D eigenvalue weighted by Crippen LogP contribution is 2.30. The summed E-state index contributed by atoms with van der Waals surface area (Å²) in [7, 11) is 1.48. The molecule has 0 aliphatic carbocycles. The summed E-state index contributed by atoms with van der Waals surface area (Å²) >= 11 is 5.92. The molecule has 2 atom stereocenters. The van der Waals surface area contributed by atoms with Crippen LogP contribution in [0, 0.1) is 5.92 Å². The first-order chi connectivity index (χ1) is 9.45. The Balaban J connectivity index is 2.29. The standard InChI is InChI=1S/C14H16ClNO4/c1-8-10(14(18)19)5-6-16(8)13(17)11-7-9(15)3-4-12(11)20-2/h3-4,7-8,10H,5-6H2,1-2H3,(H,18,19). The van der Waals surface area contributed by atoms with Gasteiger partial charge in [-0.3, -0.25) is 9.59 Å². The van der Waals surface area contributed by atoms with Gasteiger partial charge >= 0.3 is 5.97 Å². The van der Waals surface area contributed by atoms with E-state index in [1.165, 1.54) is 7.11 Å². The number of halogens is 1. The lowest BCUT2D eigenvalue weighted by Crippen LogP contribution is -2.37. The zero-order valence-corrected chi connectivity index (χ0v) is 12.1. The van der Waals surface area contributed by atoms with Gasteiger partial charge in [-0.2, -0.15) is 0 Å². The molecule has 1 saturated heterocycles. The predicted octanol–water partition coefficient (Wildman–Crippen LogP) is 2.28. The fraction of sp³-hybridized carbons (Fsp3) is 0.429. The molecule has 0 saturated carbocycles. The minimum atomic E-state index is -0.870. The third-order valence-corrected chi connectivity index (χ3v) is 3.96. The molecular formula is C14H16ClNO4. The van der Waals surface area contributed by atoms with Gasteiger partial charge in [0.15, 0.2) is 0 Å². The Labute approximate surface area is 122 Å². The predicted molar refractivity (Wildman–Crippen MR) is 74.2 cm³/mol. The SMILES string of the molecule is COc1ccc(Cl)cc1C(=O)N1CCC(C(=O)O)C1C. The number of ether oxygens (including phenoxy) is 1. The van der Waals surface area contributed by atoms with Gasteiger partial charge in [-0.15, -0.1) is 0 Å². The van der Waals surface area contributed by atoms with E-state index >= 15 is 0 Å². The topological polar surface area (TPSA) is 66.8 Å². The number of rotatable bonds is 3. The van der Waals surface area contributed by atoms with Crippen LogP contribution in [-0.2, 0) is 4.79 Å². The summed E-state index contributed by atoms with van der Waals surface area (Å²) in [5, 5.41) is 9.56. The summed E-state index contributed by atoms with van der Waals surface area (Å²) in [6.07, 6.45) is 0.463. The Hall–Kier alpha value is -1.75. The van der Waals surface area contributed by atoms with Crippen molar-refractivity contribution in [3.8, 4) is 5.75 Å². The van der Waals surface area contributed by atoms with Crippen molar-refractivity contribution in [1.29, 1.82) is 0 Å². The highest BCUT2D eigenvalue weighted by atomic mass is 35.5. The third-order valence-electron chi connectivity index (χ3n) is 3.72. The average molecular weight is 298 g/mol. The summed E-state index contributed by atoms with van der Waals surface area (Å²) < 4.78 is 5.17. The van der Waals surface area contributed by atoms with E-state index in [0.29, 0.717) is 29.3 Å². The molecule has 1 amide bonds. The molecule has 2 rings (SSSR count). The Morgan fingerprint density at radius 2 is 2.15 bits per heavy atom. The van der Waals surface area contributed by atoms with Gasteiger partial charge in [-0.25, -0.2) is 0 Å². The third kappa shape index (κ3) is 2.58. The molecule has 6 heteroatoms. The van der Waals surface area contributed by atoms with Gasteiger partial charge < -0.3 is 14.7 Å². The van der Waals surface area contributed by atoms with Crippen molar-refractivity contribution >= 4 is 23.5 Å². The molecule has 20 heavy (non-hydrogen) atoms. The number of methoxy groups -OCH3 is 1. The molecule has 0 radical (unpaired) electrons. The Morgan fingerprint density at radius 3 is 2.70 bits per heavy atom. The number of aliphatic carboxylic acids is 1. The van der Waals surface area contributed by atoms with Crippen LogP contribution in [0.4, 0.5) is 0 Å². The van der Waals surface area contributed by atoms with E-state index in [0.717, 1.165) is 0 Å². The maximum Gasteiger partial charge on any atom is 0.308 e. The molecule has 0 spiro atoms. The minimum Gasteiger partial charge on any atom is -0.496 e. The van der Waals surface area contributed by atoms with E-state index in [4.69, 9.17) is 21.4 Å². The number of hydrogen-bond acceptors (Lipinski definition) is 3. The molecule has 0 bridgehead atoms. The molecule has 1 aromatic carbocycles. The van der Waals surface area contributed by atoms with Gasteiger partial charge in [-0.05, 0) is 31.5 Å². The van der Waals surface area contributed by atoms with E-state index in [1.54, 1.807) is 30.0 Å². The number of likely N-dealkylation sites (tertiary alicyclic amines) is 1. The summed E-state index contributed by atoms with van der Waals surface area (Å²) in [6.45, 7) is 2.17. The quantitative estimate of drug-likeness (QED) is 0.929. The summed E-state index contributed by atoms with van der Waals surface area (Å²) in [5.41, 5.74) is 0.359. The van der Waals surface area contributed by atoms with E-state index in [-0.39, 0.29) is 11.9 Å². The highest BCUT2D eigenvalue weighted by molar-refractivity contribution is 6.31. The second-order valence-electron chi connectivity index (χ2n) is 4.82. The van der Waals surface area contributed by atoms with Crippen molar-refractivity contribution in [1.82, 2.24) is 4.90 Å². The number of nitrogens with zero attached hydrogens (tertiary/aromatic N) is 1.